The van der Waals surface area contributed by atoms with Crippen LogP contribution in [0, 0.1) is 0 Å². The standard InChI is InChI=1S/C9H18N2O3/c1-9(5-12,6-13)10-7-3-4-11(2)8(7)14/h7,10,12-13H,3-6H2,1-2H3. The summed E-state index contributed by atoms with van der Waals surface area (Å²) in [5.74, 6) is 0.0260. The summed E-state index contributed by atoms with van der Waals surface area (Å²) >= 11 is 0. The lowest BCUT2D eigenvalue weighted by Gasteiger charge is -2.29. The van der Waals surface area contributed by atoms with Crippen molar-refractivity contribution in [2.75, 3.05) is 26.8 Å². The number of amides is 1. The number of rotatable bonds is 4. The van der Waals surface area contributed by atoms with Gasteiger partial charge in [0.25, 0.3) is 0 Å². The fourth-order valence-corrected chi connectivity index (χ4v) is 1.52. The van der Waals surface area contributed by atoms with Crippen molar-refractivity contribution >= 4 is 5.91 Å². The van der Waals surface area contributed by atoms with Crippen LogP contribution < -0.4 is 5.32 Å². The third-order valence-electron chi connectivity index (χ3n) is 2.65. The zero-order valence-electron chi connectivity index (χ0n) is 8.66. The van der Waals surface area contributed by atoms with Gasteiger partial charge in [0.1, 0.15) is 0 Å². The maximum atomic E-state index is 11.5. The van der Waals surface area contributed by atoms with Gasteiger partial charge in [0.15, 0.2) is 0 Å². The second-order valence-electron chi connectivity index (χ2n) is 4.12. The molecule has 82 valence electrons. The zero-order chi connectivity index (χ0) is 10.8. The van der Waals surface area contributed by atoms with E-state index in [1.54, 1.807) is 18.9 Å². The molecule has 5 heteroatoms. The highest BCUT2D eigenvalue weighted by Crippen LogP contribution is 2.12. The molecule has 3 N–H and O–H groups in total. The molecule has 1 amide bonds. The molecule has 0 aliphatic carbocycles. The van der Waals surface area contributed by atoms with Crippen LogP contribution in [0.4, 0.5) is 0 Å². The molecule has 5 nitrogen and oxygen atoms in total. The van der Waals surface area contributed by atoms with E-state index in [0.29, 0.717) is 0 Å². The average molecular weight is 202 g/mol. The summed E-state index contributed by atoms with van der Waals surface area (Å²) in [6.07, 6.45) is 0.727. The molecule has 0 aromatic heterocycles. The molecule has 14 heavy (non-hydrogen) atoms. The van der Waals surface area contributed by atoms with Gasteiger partial charge in [-0.3, -0.25) is 10.1 Å². The fourth-order valence-electron chi connectivity index (χ4n) is 1.52. The van der Waals surface area contributed by atoms with Crippen LogP contribution in [-0.2, 0) is 4.79 Å². The van der Waals surface area contributed by atoms with Crippen LogP contribution >= 0.6 is 0 Å². The van der Waals surface area contributed by atoms with E-state index in [-0.39, 0.29) is 25.2 Å². The topological polar surface area (TPSA) is 72.8 Å². The monoisotopic (exact) mass is 202 g/mol. The van der Waals surface area contributed by atoms with Crippen molar-refractivity contribution < 1.29 is 15.0 Å². The molecule has 1 aliphatic rings. The maximum absolute atomic E-state index is 11.5. The molecule has 1 fully saturated rings. The van der Waals surface area contributed by atoms with E-state index in [1.807, 2.05) is 0 Å². The van der Waals surface area contributed by atoms with Crippen LogP contribution in [0.5, 0.6) is 0 Å². The molecule has 0 radical (unpaired) electrons. The maximum Gasteiger partial charge on any atom is 0.239 e. The van der Waals surface area contributed by atoms with E-state index < -0.39 is 5.54 Å². The van der Waals surface area contributed by atoms with Gasteiger partial charge < -0.3 is 15.1 Å². The van der Waals surface area contributed by atoms with Crippen LogP contribution in [0.3, 0.4) is 0 Å². The highest BCUT2D eigenvalue weighted by atomic mass is 16.3. The van der Waals surface area contributed by atoms with E-state index >= 15 is 0 Å². The SMILES string of the molecule is CN1CCC(NC(C)(CO)CO)C1=O. The van der Waals surface area contributed by atoms with E-state index in [4.69, 9.17) is 10.2 Å². The number of nitrogens with one attached hydrogen (secondary N) is 1. The average Bonchev–Trinajstić information content (AvgIpc) is 2.49. The van der Waals surface area contributed by atoms with Crippen LogP contribution in [0.1, 0.15) is 13.3 Å². The highest BCUT2D eigenvalue weighted by Gasteiger charge is 2.34. The number of carbonyl (C=O) groups is 1. The Morgan fingerprint density at radius 1 is 1.57 bits per heavy atom. The van der Waals surface area contributed by atoms with Gasteiger partial charge in [-0.25, -0.2) is 0 Å². The summed E-state index contributed by atoms with van der Waals surface area (Å²) in [5.41, 5.74) is -0.772. The van der Waals surface area contributed by atoms with Gasteiger partial charge in [-0.1, -0.05) is 0 Å². The minimum atomic E-state index is -0.772. The van der Waals surface area contributed by atoms with Gasteiger partial charge in [0.2, 0.25) is 5.91 Å². The molecule has 0 bridgehead atoms. The second-order valence-corrected chi connectivity index (χ2v) is 4.12. The Balaban J connectivity index is 2.56. The highest BCUT2D eigenvalue weighted by molar-refractivity contribution is 5.83. The molecule has 1 unspecified atom stereocenters. The predicted octanol–water partition coefficient (Wildman–Crippen LogP) is -1.45. The summed E-state index contributed by atoms with van der Waals surface area (Å²) in [6.45, 7) is 2.05. The van der Waals surface area contributed by atoms with Crippen molar-refractivity contribution in [3.63, 3.8) is 0 Å². The van der Waals surface area contributed by atoms with Gasteiger partial charge in [0.05, 0.1) is 24.8 Å². The number of nitrogens with zero attached hydrogens (tertiary/aromatic N) is 1. The Hall–Kier alpha value is -0.650. The number of aliphatic hydroxyl groups excluding tert-OH is 2. The van der Waals surface area contributed by atoms with Gasteiger partial charge in [-0.15, -0.1) is 0 Å². The quantitative estimate of drug-likeness (QED) is 0.521. The van der Waals surface area contributed by atoms with Crippen LogP contribution in [-0.4, -0.2) is 59.4 Å². The van der Waals surface area contributed by atoms with Crippen molar-refractivity contribution in [1.82, 2.24) is 10.2 Å². The number of likely N-dealkylation sites (tertiary alicyclic amines) is 1. The van der Waals surface area contributed by atoms with Gasteiger partial charge in [-0.2, -0.15) is 0 Å². The van der Waals surface area contributed by atoms with Gasteiger partial charge in [-0.05, 0) is 13.3 Å². The molecule has 1 aliphatic heterocycles. The molecule has 0 aromatic rings. The van der Waals surface area contributed by atoms with Crippen molar-refractivity contribution in [1.29, 1.82) is 0 Å². The Morgan fingerprint density at radius 2 is 2.14 bits per heavy atom. The smallest absolute Gasteiger partial charge is 0.239 e. The molecule has 1 saturated heterocycles. The van der Waals surface area contributed by atoms with Crippen LogP contribution in [0.25, 0.3) is 0 Å². The number of likely N-dealkylation sites (N-methyl/N-ethyl adjacent to an activating group) is 1. The molecular weight excluding hydrogens is 184 g/mol. The Morgan fingerprint density at radius 3 is 2.50 bits per heavy atom. The first-order valence-corrected chi connectivity index (χ1v) is 4.77. The van der Waals surface area contributed by atoms with E-state index in [9.17, 15) is 4.79 Å². The van der Waals surface area contributed by atoms with Crippen molar-refractivity contribution in [2.45, 2.75) is 24.9 Å². The molecule has 0 spiro atoms. The number of aliphatic hydroxyl groups is 2. The third-order valence-corrected chi connectivity index (χ3v) is 2.65. The Bertz CT molecular complexity index is 216. The van der Waals surface area contributed by atoms with Crippen molar-refractivity contribution in [3.8, 4) is 0 Å². The van der Waals surface area contributed by atoms with Gasteiger partial charge >= 0.3 is 0 Å². The van der Waals surface area contributed by atoms with E-state index in [2.05, 4.69) is 5.32 Å². The number of carbonyl (C=O) groups excluding carboxylic acids is 1. The summed E-state index contributed by atoms with van der Waals surface area (Å²) in [6, 6.07) is -0.274. The summed E-state index contributed by atoms with van der Waals surface area (Å²) < 4.78 is 0. The summed E-state index contributed by atoms with van der Waals surface area (Å²) in [5, 5.41) is 21.1. The first-order chi connectivity index (χ1) is 6.52. The predicted molar refractivity (Wildman–Crippen MR) is 51.8 cm³/mol. The summed E-state index contributed by atoms with van der Waals surface area (Å²) in [7, 11) is 1.75. The van der Waals surface area contributed by atoms with Crippen LogP contribution in [0.2, 0.25) is 0 Å². The third kappa shape index (κ3) is 2.23. The lowest BCUT2D eigenvalue weighted by Crippen LogP contribution is -2.55. The van der Waals surface area contributed by atoms with Crippen molar-refractivity contribution in [3.05, 3.63) is 0 Å². The largest absolute Gasteiger partial charge is 0.394 e. The lowest BCUT2D eigenvalue weighted by atomic mass is 10.0. The molecule has 1 heterocycles. The van der Waals surface area contributed by atoms with Gasteiger partial charge in [0, 0.05) is 13.6 Å². The minimum absolute atomic E-state index is 0.0260. The Kier molecular flexibility index (Phi) is 3.47. The first kappa shape index (κ1) is 11.4. The summed E-state index contributed by atoms with van der Waals surface area (Å²) in [4.78, 5) is 13.2. The minimum Gasteiger partial charge on any atom is -0.394 e. The molecule has 1 rings (SSSR count). The number of hydrogen-bond donors (Lipinski definition) is 3. The molecule has 1 atom stereocenters. The van der Waals surface area contributed by atoms with Crippen molar-refractivity contribution in [2.24, 2.45) is 0 Å². The normalized spacial score (nSPS) is 23.3. The van der Waals surface area contributed by atoms with E-state index in [1.165, 1.54) is 0 Å². The van der Waals surface area contributed by atoms with Crippen LogP contribution in [0.15, 0.2) is 0 Å². The zero-order valence-corrected chi connectivity index (χ0v) is 8.66. The van der Waals surface area contributed by atoms with E-state index in [0.717, 1.165) is 13.0 Å². The second kappa shape index (κ2) is 4.25. The molecule has 0 saturated carbocycles. The lowest BCUT2D eigenvalue weighted by molar-refractivity contribution is -0.129. The fraction of sp³-hybridized carbons (Fsp3) is 0.889. The first-order valence-electron chi connectivity index (χ1n) is 4.77. The molecule has 0 aromatic carbocycles. The Labute approximate surface area is 83.7 Å². The molecular formula is C9H18N2O3. The number of hydrogen-bond acceptors (Lipinski definition) is 4.